The zero-order valence-corrected chi connectivity index (χ0v) is 16.3. The van der Waals surface area contributed by atoms with Gasteiger partial charge in [-0.15, -0.1) is 0 Å². The van der Waals surface area contributed by atoms with Gasteiger partial charge >= 0.3 is 0 Å². The van der Waals surface area contributed by atoms with Crippen LogP contribution in [0.5, 0.6) is 0 Å². The molecule has 3 rings (SSSR count). The van der Waals surface area contributed by atoms with Gasteiger partial charge in [-0.1, -0.05) is 30.8 Å². The Morgan fingerprint density at radius 1 is 1.30 bits per heavy atom. The molecule has 6 nitrogen and oxygen atoms in total. The fraction of sp³-hybridized carbons (Fsp3) is 0.421. The zero-order chi connectivity index (χ0) is 19.4. The number of nitrogens with one attached hydrogen (secondary N) is 1. The maximum absolute atomic E-state index is 14.7. The second kappa shape index (κ2) is 8.65. The third-order valence-electron chi connectivity index (χ3n) is 4.84. The van der Waals surface area contributed by atoms with Gasteiger partial charge in [0.25, 0.3) is 5.56 Å². The summed E-state index contributed by atoms with van der Waals surface area (Å²) in [7, 11) is 0. The van der Waals surface area contributed by atoms with Gasteiger partial charge in [-0.2, -0.15) is 5.26 Å². The predicted octanol–water partition coefficient (Wildman–Crippen LogP) is 2.31. The highest BCUT2D eigenvalue weighted by Crippen LogP contribution is 2.24. The molecule has 1 aromatic carbocycles. The SMILES string of the molecule is CCN1CCN(Cc2ccc(-c3nc(SC)[nH]c(=O)c3C#N)cc2F)CC1. The minimum Gasteiger partial charge on any atom is -0.301 e. The standard InChI is InChI=1S/C19H22FN5OS/c1-3-24-6-8-25(9-7-24)12-14-5-4-13(10-16(14)20)17-15(11-21)18(26)23-19(22-17)27-2/h4-5,10H,3,6-9,12H2,1-2H3,(H,22,23,26). The first-order valence-electron chi connectivity index (χ1n) is 8.87. The molecule has 1 N–H and O–H groups in total. The molecular formula is C19H22FN5OS. The minimum atomic E-state index is -0.509. The van der Waals surface area contributed by atoms with Crippen molar-refractivity contribution < 1.29 is 4.39 Å². The average molecular weight is 387 g/mol. The van der Waals surface area contributed by atoms with Crippen LogP contribution in [-0.4, -0.2) is 58.7 Å². The molecule has 0 spiro atoms. The van der Waals surface area contributed by atoms with Gasteiger partial charge in [0.15, 0.2) is 5.16 Å². The van der Waals surface area contributed by atoms with Gasteiger partial charge in [0.2, 0.25) is 0 Å². The zero-order valence-electron chi connectivity index (χ0n) is 15.5. The van der Waals surface area contributed by atoms with E-state index in [4.69, 9.17) is 0 Å². The van der Waals surface area contributed by atoms with Gasteiger partial charge in [-0.25, -0.2) is 9.37 Å². The van der Waals surface area contributed by atoms with Gasteiger partial charge in [-0.3, -0.25) is 9.69 Å². The van der Waals surface area contributed by atoms with E-state index in [1.54, 1.807) is 18.4 Å². The number of aromatic nitrogens is 2. The van der Waals surface area contributed by atoms with Gasteiger partial charge in [-0.05, 0) is 18.9 Å². The molecule has 1 aliphatic heterocycles. The third kappa shape index (κ3) is 4.38. The number of halogens is 1. The Bertz CT molecular complexity index is 915. The molecule has 1 aromatic heterocycles. The molecule has 0 saturated carbocycles. The smallest absolute Gasteiger partial charge is 0.270 e. The highest BCUT2D eigenvalue weighted by atomic mass is 32.2. The first-order chi connectivity index (χ1) is 13.0. The summed E-state index contributed by atoms with van der Waals surface area (Å²) in [4.78, 5) is 23.5. The summed E-state index contributed by atoms with van der Waals surface area (Å²) in [5, 5.41) is 9.68. The van der Waals surface area contributed by atoms with Crippen LogP contribution in [-0.2, 0) is 6.54 Å². The predicted molar refractivity (Wildman–Crippen MR) is 104 cm³/mol. The Morgan fingerprint density at radius 3 is 2.59 bits per heavy atom. The van der Waals surface area contributed by atoms with E-state index in [0.29, 0.717) is 22.8 Å². The third-order valence-corrected chi connectivity index (χ3v) is 5.42. The van der Waals surface area contributed by atoms with Crippen LogP contribution in [0.4, 0.5) is 4.39 Å². The lowest BCUT2D eigenvalue weighted by atomic mass is 10.0. The normalized spacial score (nSPS) is 15.6. The topological polar surface area (TPSA) is 76.0 Å². The van der Waals surface area contributed by atoms with Crippen LogP contribution in [0.2, 0.25) is 0 Å². The number of H-pyrrole nitrogens is 1. The molecule has 0 atom stereocenters. The number of hydrogen-bond acceptors (Lipinski definition) is 6. The van der Waals surface area contributed by atoms with E-state index in [1.807, 2.05) is 6.07 Å². The van der Waals surface area contributed by atoms with E-state index in [-0.39, 0.29) is 17.1 Å². The number of aromatic amines is 1. The molecule has 0 radical (unpaired) electrons. The van der Waals surface area contributed by atoms with Crippen LogP contribution >= 0.6 is 11.8 Å². The molecular weight excluding hydrogens is 365 g/mol. The second-order valence-corrected chi connectivity index (χ2v) is 7.22. The number of benzene rings is 1. The van der Waals surface area contributed by atoms with E-state index in [1.165, 1.54) is 17.8 Å². The number of hydrogen-bond donors (Lipinski definition) is 1. The van der Waals surface area contributed by atoms with E-state index in [0.717, 1.165) is 32.7 Å². The summed E-state index contributed by atoms with van der Waals surface area (Å²) in [6.07, 6.45) is 1.77. The Morgan fingerprint density at radius 2 is 2.00 bits per heavy atom. The van der Waals surface area contributed by atoms with E-state index in [9.17, 15) is 14.4 Å². The van der Waals surface area contributed by atoms with Crippen LogP contribution in [0.25, 0.3) is 11.3 Å². The van der Waals surface area contributed by atoms with Crippen molar-refractivity contribution in [1.29, 1.82) is 5.26 Å². The van der Waals surface area contributed by atoms with Crippen molar-refractivity contribution >= 4 is 11.8 Å². The van der Waals surface area contributed by atoms with Crippen LogP contribution in [0.15, 0.2) is 28.2 Å². The van der Waals surface area contributed by atoms with Crippen molar-refractivity contribution in [1.82, 2.24) is 19.8 Å². The summed E-state index contributed by atoms with van der Waals surface area (Å²) in [5.74, 6) is -0.345. The summed E-state index contributed by atoms with van der Waals surface area (Å²) in [5.41, 5.74) is 0.649. The molecule has 1 fully saturated rings. The number of piperazine rings is 1. The first-order valence-corrected chi connectivity index (χ1v) is 10.1. The minimum absolute atomic E-state index is 0.101. The molecule has 2 heterocycles. The highest BCUT2D eigenvalue weighted by molar-refractivity contribution is 7.98. The van der Waals surface area contributed by atoms with Crippen molar-refractivity contribution in [3.8, 4) is 17.3 Å². The number of likely N-dealkylation sites (N-methyl/N-ethyl adjacent to an activating group) is 1. The summed E-state index contributed by atoms with van der Waals surface area (Å²) >= 11 is 1.26. The van der Waals surface area contributed by atoms with Crippen molar-refractivity contribution in [2.75, 3.05) is 39.0 Å². The van der Waals surface area contributed by atoms with Gasteiger partial charge in [0.05, 0.1) is 5.69 Å². The monoisotopic (exact) mass is 387 g/mol. The molecule has 1 saturated heterocycles. The van der Waals surface area contributed by atoms with Crippen LogP contribution < -0.4 is 5.56 Å². The molecule has 0 bridgehead atoms. The van der Waals surface area contributed by atoms with E-state index in [2.05, 4.69) is 26.7 Å². The van der Waals surface area contributed by atoms with Crippen molar-refractivity contribution in [2.45, 2.75) is 18.6 Å². The van der Waals surface area contributed by atoms with Crippen molar-refractivity contribution in [2.24, 2.45) is 0 Å². The number of nitriles is 1. The highest BCUT2D eigenvalue weighted by Gasteiger charge is 2.18. The molecule has 0 unspecified atom stereocenters. The summed E-state index contributed by atoms with van der Waals surface area (Å²) in [6, 6.07) is 6.69. The lowest BCUT2D eigenvalue weighted by Crippen LogP contribution is -2.45. The Kier molecular flexibility index (Phi) is 6.26. The van der Waals surface area contributed by atoms with Crippen LogP contribution in [0.3, 0.4) is 0 Å². The number of rotatable bonds is 5. The lowest BCUT2D eigenvalue weighted by molar-refractivity contribution is 0.131. The Hall–Kier alpha value is -2.21. The fourth-order valence-corrected chi connectivity index (χ4v) is 3.57. The second-order valence-electron chi connectivity index (χ2n) is 6.43. The average Bonchev–Trinajstić information content (AvgIpc) is 2.69. The van der Waals surface area contributed by atoms with Crippen LogP contribution in [0, 0.1) is 17.1 Å². The van der Waals surface area contributed by atoms with E-state index < -0.39 is 5.56 Å². The molecule has 0 aliphatic carbocycles. The quantitative estimate of drug-likeness (QED) is 0.627. The van der Waals surface area contributed by atoms with Crippen molar-refractivity contribution in [3.63, 3.8) is 0 Å². The molecule has 142 valence electrons. The Labute approximate surface area is 162 Å². The van der Waals surface area contributed by atoms with Crippen LogP contribution in [0.1, 0.15) is 18.1 Å². The Balaban J connectivity index is 1.85. The summed E-state index contributed by atoms with van der Waals surface area (Å²) < 4.78 is 14.7. The molecule has 27 heavy (non-hydrogen) atoms. The van der Waals surface area contributed by atoms with Gasteiger partial charge in [0.1, 0.15) is 17.4 Å². The molecule has 2 aromatic rings. The number of nitrogens with zero attached hydrogens (tertiary/aromatic N) is 4. The lowest BCUT2D eigenvalue weighted by Gasteiger charge is -2.34. The molecule has 1 aliphatic rings. The molecule has 8 heteroatoms. The molecule has 0 amide bonds. The fourth-order valence-electron chi connectivity index (χ4n) is 3.19. The first kappa shape index (κ1) is 19.5. The van der Waals surface area contributed by atoms with Gasteiger partial charge < -0.3 is 9.88 Å². The maximum Gasteiger partial charge on any atom is 0.270 e. The largest absolute Gasteiger partial charge is 0.301 e. The van der Waals surface area contributed by atoms with Gasteiger partial charge in [0, 0.05) is 43.9 Å². The van der Waals surface area contributed by atoms with Crippen molar-refractivity contribution in [3.05, 3.63) is 45.5 Å². The number of thioether (sulfide) groups is 1. The maximum atomic E-state index is 14.7. The van der Waals surface area contributed by atoms with E-state index >= 15 is 0 Å². The summed E-state index contributed by atoms with van der Waals surface area (Å²) in [6.45, 7) is 7.56.